The highest BCUT2D eigenvalue weighted by atomic mass is 16.5. The molecule has 19 heavy (non-hydrogen) atoms. The Kier molecular flexibility index (Phi) is 8.31. The standard InChI is InChI=1S/C12H25N5O2/c1-13-10-12-11-17(15-14-12)5-4-16(6-8-18-2)7-9-19-3/h11,13H,4-10H2,1-3H3. The van der Waals surface area contributed by atoms with Crippen LogP contribution in [0.15, 0.2) is 6.20 Å². The van der Waals surface area contributed by atoms with Gasteiger partial charge in [-0.25, -0.2) is 0 Å². The van der Waals surface area contributed by atoms with Gasteiger partial charge in [-0.1, -0.05) is 5.21 Å². The monoisotopic (exact) mass is 271 g/mol. The summed E-state index contributed by atoms with van der Waals surface area (Å²) in [5.74, 6) is 0. The zero-order valence-electron chi connectivity index (χ0n) is 12.1. The van der Waals surface area contributed by atoms with Crippen molar-refractivity contribution in [3.63, 3.8) is 0 Å². The Morgan fingerprint density at radius 2 is 1.89 bits per heavy atom. The second kappa shape index (κ2) is 9.85. The minimum atomic E-state index is 0.728. The van der Waals surface area contributed by atoms with E-state index in [1.54, 1.807) is 14.2 Å². The smallest absolute Gasteiger partial charge is 0.0964 e. The van der Waals surface area contributed by atoms with E-state index in [2.05, 4.69) is 20.5 Å². The van der Waals surface area contributed by atoms with Crippen molar-refractivity contribution >= 4 is 0 Å². The van der Waals surface area contributed by atoms with E-state index in [-0.39, 0.29) is 0 Å². The third kappa shape index (κ3) is 6.63. The molecular formula is C12H25N5O2. The van der Waals surface area contributed by atoms with Crippen molar-refractivity contribution in [2.24, 2.45) is 0 Å². The zero-order valence-corrected chi connectivity index (χ0v) is 12.1. The molecule has 1 rings (SSSR count). The summed E-state index contributed by atoms with van der Waals surface area (Å²) in [6.07, 6.45) is 1.97. The van der Waals surface area contributed by atoms with Crippen molar-refractivity contribution in [2.75, 3.05) is 54.1 Å². The maximum atomic E-state index is 5.11. The molecule has 0 aliphatic heterocycles. The number of rotatable bonds is 11. The van der Waals surface area contributed by atoms with Crippen LogP contribution in [0.1, 0.15) is 5.69 Å². The average molecular weight is 271 g/mol. The third-order valence-corrected chi connectivity index (χ3v) is 2.81. The number of nitrogens with one attached hydrogen (secondary N) is 1. The van der Waals surface area contributed by atoms with Crippen LogP contribution >= 0.6 is 0 Å². The van der Waals surface area contributed by atoms with Gasteiger partial charge in [-0.15, -0.1) is 5.10 Å². The summed E-state index contributed by atoms with van der Waals surface area (Å²) in [4.78, 5) is 2.30. The molecule has 110 valence electrons. The zero-order chi connectivity index (χ0) is 13.9. The second-order valence-electron chi connectivity index (χ2n) is 4.33. The molecular weight excluding hydrogens is 246 g/mol. The lowest BCUT2D eigenvalue weighted by Gasteiger charge is -2.21. The fourth-order valence-corrected chi connectivity index (χ4v) is 1.73. The molecule has 0 unspecified atom stereocenters. The number of hydrogen-bond donors (Lipinski definition) is 1. The van der Waals surface area contributed by atoms with Crippen LogP contribution in [0, 0.1) is 0 Å². The average Bonchev–Trinajstić information content (AvgIpc) is 2.86. The molecule has 0 radical (unpaired) electrons. The summed E-state index contributed by atoms with van der Waals surface area (Å²) < 4.78 is 12.1. The van der Waals surface area contributed by atoms with Gasteiger partial charge in [-0.3, -0.25) is 9.58 Å². The largest absolute Gasteiger partial charge is 0.383 e. The third-order valence-electron chi connectivity index (χ3n) is 2.81. The van der Waals surface area contributed by atoms with Crippen LogP contribution in [0.3, 0.4) is 0 Å². The minimum absolute atomic E-state index is 0.728. The van der Waals surface area contributed by atoms with E-state index in [1.165, 1.54) is 0 Å². The second-order valence-corrected chi connectivity index (χ2v) is 4.33. The summed E-state index contributed by atoms with van der Waals surface area (Å²) in [6.45, 7) is 5.74. The molecule has 7 heteroatoms. The quantitative estimate of drug-likeness (QED) is 0.590. The number of hydrogen-bond acceptors (Lipinski definition) is 6. The predicted molar refractivity (Wildman–Crippen MR) is 73.0 cm³/mol. The first kappa shape index (κ1) is 16.0. The summed E-state index contributed by atoms with van der Waals surface area (Å²) in [5, 5.41) is 11.3. The molecule has 1 N–H and O–H groups in total. The number of nitrogens with zero attached hydrogens (tertiary/aromatic N) is 4. The highest BCUT2D eigenvalue weighted by Crippen LogP contribution is 1.95. The molecule has 0 aliphatic rings. The molecule has 0 amide bonds. The summed E-state index contributed by atoms with van der Waals surface area (Å²) >= 11 is 0. The molecule has 0 aliphatic carbocycles. The van der Waals surface area contributed by atoms with Crippen molar-refractivity contribution in [3.8, 4) is 0 Å². The first-order chi connectivity index (χ1) is 9.30. The van der Waals surface area contributed by atoms with Gasteiger partial charge in [0.2, 0.25) is 0 Å². The van der Waals surface area contributed by atoms with Crippen LogP contribution in [0.25, 0.3) is 0 Å². The van der Waals surface area contributed by atoms with Gasteiger partial charge in [-0.05, 0) is 7.05 Å². The van der Waals surface area contributed by atoms with E-state index < -0.39 is 0 Å². The highest BCUT2D eigenvalue weighted by Gasteiger charge is 2.06. The van der Waals surface area contributed by atoms with E-state index >= 15 is 0 Å². The first-order valence-corrected chi connectivity index (χ1v) is 6.54. The molecule has 1 aromatic heterocycles. The molecule has 0 aromatic carbocycles. The normalized spacial score (nSPS) is 11.4. The van der Waals surface area contributed by atoms with E-state index in [0.29, 0.717) is 0 Å². The van der Waals surface area contributed by atoms with Gasteiger partial charge in [0, 0.05) is 46.6 Å². The molecule has 0 fully saturated rings. The predicted octanol–water partition coefficient (Wildman–Crippen LogP) is -0.408. The van der Waals surface area contributed by atoms with Crippen LogP contribution in [0.5, 0.6) is 0 Å². The lowest BCUT2D eigenvalue weighted by Crippen LogP contribution is -2.33. The van der Waals surface area contributed by atoms with Crippen LogP contribution in [0.4, 0.5) is 0 Å². The summed E-state index contributed by atoms with van der Waals surface area (Å²) in [7, 11) is 5.34. The number of ether oxygens (including phenoxy) is 2. The van der Waals surface area contributed by atoms with Gasteiger partial charge >= 0.3 is 0 Å². The Morgan fingerprint density at radius 1 is 1.21 bits per heavy atom. The molecule has 0 bridgehead atoms. The fraction of sp³-hybridized carbons (Fsp3) is 0.833. The van der Waals surface area contributed by atoms with Crippen molar-refractivity contribution in [2.45, 2.75) is 13.1 Å². The Balaban J connectivity index is 2.35. The molecule has 0 spiro atoms. The topological polar surface area (TPSA) is 64.4 Å². The van der Waals surface area contributed by atoms with E-state index in [0.717, 1.165) is 51.6 Å². The SMILES string of the molecule is CNCc1cn(CCN(CCOC)CCOC)nn1. The Bertz CT molecular complexity index is 324. The van der Waals surface area contributed by atoms with Gasteiger partial charge in [-0.2, -0.15) is 0 Å². The van der Waals surface area contributed by atoms with Gasteiger partial charge in [0.05, 0.1) is 25.5 Å². The lowest BCUT2D eigenvalue weighted by atomic mass is 10.4. The van der Waals surface area contributed by atoms with E-state index in [4.69, 9.17) is 9.47 Å². The summed E-state index contributed by atoms with van der Waals surface area (Å²) in [6, 6.07) is 0. The van der Waals surface area contributed by atoms with Crippen LogP contribution in [-0.4, -0.2) is 74.0 Å². The van der Waals surface area contributed by atoms with Crippen LogP contribution in [-0.2, 0) is 22.6 Å². The van der Waals surface area contributed by atoms with Gasteiger partial charge in [0.25, 0.3) is 0 Å². The van der Waals surface area contributed by atoms with E-state index in [1.807, 2.05) is 17.9 Å². The van der Waals surface area contributed by atoms with Crippen LogP contribution < -0.4 is 5.32 Å². The Hall–Kier alpha value is -1.02. The lowest BCUT2D eigenvalue weighted by molar-refractivity contribution is 0.111. The van der Waals surface area contributed by atoms with Crippen LogP contribution in [0.2, 0.25) is 0 Å². The van der Waals surface area contributed by atoms with Crippen molar-refractivity contribution in [1.82, 2.24) is 25.2 Å². The number of aromatic nitrogens is 3. The van der Waals surface area contributed by atoms with Crippen molar-refractivity contribution in [1.29, 1.82) is 0 Å². The first-order valence-electron chi connectivity index (χ1n) is 6.54. The molecule has 1 heterocycles. The van der Waals surface area contributed by atoms with Gasteiger partial charge in [0.1, 0.15) is 0 Å². The van der Waals surface area contributed by atoms with Crippen molar-refractivity contribution in [3.05, 3.63) is 11.9 Å². The highest BCUT2D eigenvalue weighted by molar-refractivity contribution is 4.91. The maximum absolute atomic E-state index is 5.11. The summed E-state index contributed by atoms with van der Waals surface area (Å²) in [5.41, 5.74) is 0.961. The molecule has 7 nitrogen and oxygen atoms in total. The molecule has 0 saturated heterocycles. The van der Waals surface area contributed by atoms with Gasteiger partial charge in [0.15, 0.2) is 0 Å². The molecule has 0 atom stereocenters. The molecule has 0 saturated carbocycles. The van der Waals surface area contributed by atoms with Crippen molar-refractivity contribution < 1.29 is 9.47 Å². The fourth-order valence-electron chi connectivity index (χ4n) is 1.73. The van der Waals surface area contributed by atoms with Gasteiger partial charge < -0.3 is 14.8 Å². The molecule has 1 aromatic rings. The number of methoxy groups -OCH3 is 2. The minimum Gasteiger partial charge on any atom is -0.383 e. The Labute approximate surface area is 114 Å². The maximum Gasteiger partial charge on any atom is 0.0964 e. The van der Waals surface area contributed by atoms with E-state index in [9.17, 15) is 0 Å². The Morgan fingerprint density at radius 3 is 2.47 bits per heavy atom.